The number of aromatic nitrogens is 2. The van der Waals surface area contributed by atoms with E-state index in [0.29, 0.717) is 23.2 Å². The third-order valence-electron chi connectivity index (χ3n) is 4.23. The number of urea groups is 1. The third-order valence-corrected chi connectivity index (χ3v) is 4.49. The first kappa shape index (κ1) is 17.5. The van der Waals surface area contributed by atoms with E-state index in [1.54, 1.807) is 12.1 Å². The van der Waals surface area contributed by atoms with Crippen molar-refractivity contribution in [2.75, 3.05) is 10.6 Å². The number of hydrogen-bond donors (Lipinski definition) is 3. The summed E-state index contributed by atoms with van der Waals surface area (Å²) in [5, 5.41) is 17.7. The lowest BCUT2D eigenvalue weighted by molar-refractivity contribution is 0.244. The van der Waals surface area contributed by atoms with E-state index in [1.165, 1.54) is 19.3 Å². The van der Waals surface area contributed by atoms with E-state index < -0.39 is 0 Å². The van der Waals surface area contributed by atoms with Crippen molar-refractivity contribution < 1.29 is 4.79 Å². The number of rotatable bonds is 5. The maximum Gasteiger partial charge on any atom is 0.320 e. The fraction of sp³-hybridized carbons (Fsp3) is 0.389. The highest BCUT2D eigenvalue weighted by Crippen LogP contribution is 2.17. The second-order valence-corrected chi connectivity index (χ2v) is 6.65. The van der Waals surface area contributed by atoms with Crippen LogP contribution < -0.4 is 16.0 Å². The Balaban J connectivity index is 1.46. The molecule has 25 heavy (non-hydrogen) atoms. The Morgan fingerprint density at radius 2 is 1.68 bits per heavy atom. The first-order valence-corrected chi connectivity index (χ1v) is 8.96. The van der Waals surface area contributed by atoms with Gasteiger partial charge in [-0.3, -0.25) is 5.32 Å². The standard InChI is InChI=1S/C18H22ClN5O/c19-14-8-6-13(7-9-14)12-20-16-10-11-17(24-23-16)22-18(25)21-15-4-2-1-3-5-15/h6-11,15H,1-5,12H2,(H,20,23)(H2,21,22,24,25). The molecule has 0 bridgehead atoms. The summed E-state index contributed by atoms with van der Waals surface area (Å²) in [7, 11) is 0. The molecule has 0 unspecified atom stereocenters. The van der Waals surface area contributed by atoms with Gasteiger partial charge in [0, 0.05) is 17.6 Å². The summed E-state index contributed by atoms with van der Waals surface area (Å²) < 4.78 is 0. The Labute approximate surface area is 152 Å². The van der Waals surface area contributed by atoms with Crippen LogP contribution in [0.5, 0.6) is 0 Å². The number of amides is 2. The predicted molar refractivity (Wildman–Crippen MR) is 99.8 cm³/mol. The van der Waals surface area contributed by atoms with Crippen LogP contribution in [-0.4, -0.2) is 22.3 Å². The lowest BCUT2D eigenvalue weighted by Crippen LogP contribution is -2.39. The second-order valence-electron chi connectivity index (χ2n) is 6.22. The average Bonchev–Trinajstić information content (AvgIpc) is 2.63. The van der Waals surface area contributed by atoms with Crippen LogP contribution in [0.1, 0.15) is 37.7 Å². The Hall–Kier alpha value is -2.34. The van der Waals surface area contributed by atoms with Gasteiger partial charge in [-0.15, -0.1) is 10.2 Å². The number of hydrogen-bond acceptors (Lipinski definition) is 4. The highest BCUT2D eigenvalue weighted by Gasteiger charge is 2.15. The number of benzene rings is 1. The molecular formula is C18H22ClN5O. The third kappa shape index (κ3) is 5.60. The molecule has 132 valence electrons. The molecule has 0 radical (unpaired) electrons. The van der Waals surface area contributed by atoms with Crippen molar-refractivity contribution in [1.82, 2.24) is 15.5 Å². The normalized spacial score (nSPS) is 14.8. The number of halogens is 1. The zero-order valence-corrected chi connectivity index (χ0v) is 14.7. The van der Waals surface area contributed by atoms with Gasteiger partial charge in [0.05, 0.1) is 0 Å². The second kappa shape index (κ2) is 8.67. The fourth-order valence-corrected chi connectivity index (χ4v) is 3.00. The molecule has 0 aliphatic heterocycles. The van der Waals surface area contributed by atoms with Crippen molar-refractivity contribution in [3.8, 4) is 0 Å². The number of carbonyl (C=O) groups excluding carboxylic acids is 1. The van der Waals surface area contributed by atoms with Gasteiger partial charge in [0.1, 0.15) is 5.82 Å². The Bertz CT molecular complexity index is 684. The minimum atomic E-state index is -0.219. The molecule has 0 atom stereocenters. The largest absolute Gasteiger partial charge is 0.365 e. The van der Waals surface area contributed by atoms with E-state index in [2.05, 4.69) is 26.1 Å². The number of nitrogens with zero attached hydrogens (tertiary/aromatic N) is 2. The van der Waals surface area contributed by atoms with Crippen molar-refractivity contribution in [1.29, 1.82) is 0 Å². The van der Waals surface area contributed by atoms with E-state index >= 15 is 0 Å². The van der Waals surface area contributed by atoms with Gasteiger partial charge in [-0.1, -0.05) is 43.0 Å². The van der Waals surface area contributed by atoms with E-state index in [-0.39, 0.29) is 12.1 Å². The van der Waals surface area contributed by atoms with Crippen LogP contribution in [-0.2, 0) is 6.54 Å². The molecule has 1 aliphatic rings. The van der Waals surface area contributed by atoms with Crippen molar-refractivity contribution in [3.05, 3.63) is 47.0 Å². The maximum atomic E-state index is 12.0. The molecule has 1 saturated carbocycles. The van der Waals surface area contributed by atoms with Crippen LogP contribution >= 0.6 is 11.6 Å². The Kier molecular flexibility index (Phi) is 6.06. The van der Waals surface area contributed by atoms with Gasteiger partial charge in [0.2, 0.25) is 0 Å². The van der Waals surface area contributed by atoms with Crippen LogP contribution in [0, 0.1) is 0 Å². The molecule has 3 N–H and O–H groups in total. The Morgan fingerprint density at radius 3 is 2.36 bits per heavy atom. The lowest BCUT2D eigenvalue weighted by atomic mass is 9.96. The first-order chi connectivity index (χ1) is 12.2. The SMILES string of the molecule is O=C(Nc1ccc(NCc2ccc(Cl)cc2)nn1)NC1CCCCC1. The minimum Gasteiger partial charge on any atom is -0.365 e. The molecule has 2 aromatic rings. The first-order valence-electron chi connectivity index (χ1n) is 8.58. The van der Waals surface area contributed by atoms with Crippen molar-refractivity contribution in [2.24, 2.45) is 0 Å². The van der Waals surface area contributed by atoms with Gasteiger partial charge in [-0.05, 0) is 42.7 Å². The van der Waals surface area contributed by atoms with E-state index in [1.807, 2.05) is 24.3 Å². The van der Waals surface area contributed by atoms with Crippen LogP contribution in [0.4, 0.5) is 16.4 Å². The van der Waals surface area contributed by atoms with Crippen molar-refractivity contribution >= 4 is 29.3 Å². The molecule has 6 nitrogen and oxygen atoms in total. The maximum absolute atomic E-state index is 12.0. The number of carbonyl (C=O) groups is 1. The molecule has 0 spiro atoms. The molecule has 1 heterocycles. The minimum absolute atomic E-state index is 0.219. The van der Waals surface area contributed by atoms with Gasteiger partial charge in [-0.2, -0.15) is 0 Å². The number of anilines is 2. The summed E-state index contributed by atoms with van der Waals surface area (Å²) in [6.07, 6.45) is 5.71. The number of nitrogens with one attached hydrogen (secondary N) is 3. The van der Waals surface area contributed by atoms with E-state index in [9.17, 15) is 4.79 Å². The monoisotopic (exact) mass is 359 g/mol. The van der Waals surface area contributed by atoms with E-state index in [0.717, 1.165) is 18.4 Å². The van der Waals surface area contributed by atoms with Crippen LogP contribution in [0.25, 0.3) is 0 Å². The summed E-state index contributed by atoms with van der Waals surface area (Å²) in [5.41, 5.74) is 1.10. The fourth-order valence-electron chi connectivity index (χ4n) is 2.87. The summed E-state index contributed by atoms with van der Waals surface area (Å²) >= 11 is 5.87. The van der Waals surface area contributed by atoms with Crippen LogP contribution in [0.15, 0.2) is 36.4 Å². The zero-order valence-electron chi connectivity index (χ0n) is 14.0. The Morgan fingerprint density at radius 1 is 1.00 bits per heavy atom. The van der Waals surface area contributed by atoms with Crippen molar-refractivity contribution in [3.63, 3.8) is 0 Å². The average molecular weight is 360 g/mol. The molecule has 1 aliphatic carbocycles. The lowest BCUT2D eigenvalue weighted by Gasteiger charge is -2.22. The summed E-state index contributed by atoms with van der Waals surface area (Å²) in [6, 6.07) is 11.2. The molecule has 2 amide bonds. The summed E-state index contributed by atoms with van der Waals surface area (Å²) in [4.78, 5) is 12.0. The van der Waals surface area contributed by atoms with Crippen LogP contribution in [0.3, 0.4) is 0 Å². The molecule has 1 aromatic heterocycles. The molecule has 1 aromatic carbocycles. The quantitative estimate of drug-likeness (QED) is 0.747. The van der Waals surface area contributed by atoms with Gasteiger partial charge >= 0.3 is 6.03 Å². The topological polar surface area (TPSA) is 78.9 Å². The van der Waals surface area contributed by atoms with E-state index in [4.69, 9.17) is 11.6 Å². The molecule has 1 fully saturated rings. The van der Waals surface area contributed by atoms with Gasteiger partial charge in [-0.25, -0.2) is 4.79 Å². The highest BCUT2D eigenvalue weighted by molar-refractivity contribution is 6.30. The smallest absolute Gasteiger partial charge is 0.320 e. The summed E-state index contributed by atoms with van der Waals surface area (Å²) in [5.74, 6) is 1.08. The predicted octanol–water partition coefficient (Wildman–Crippen LogP) is 4.20. The highest BCUT2D eigenvalue weighted by atomic mass is 35.5. The molecule has 7 heteroatoms. The molecular weight excluding hydrogens is 338 g/mol. The van der Waals surface area contributed by atoms with Gasteiger partial charge in [0.15, 0.2) is 5.82 Å². The van der Waals surface area contributed by atoms with Crippen LogP contribution in [0.2, 0.25) is 5.02 Å². The van der Waals surface area contributed by atoms with Crippen molar-refractivity contribution in [2.45, 2.75) is 44.7 Å². The molecule has 0 saturated heterocycles. The van der Waals surface area contributed by atoms with Gasteiger partial charge < -0.3 is 10.6 Å². The zero-order chi connectivity index (χ0) is 17.5. The summed E-state index contributed by atoms with van der Waals surface area (Å²) in [6.45, 7) is 0.626. The molecule has 3 rings (SSSR count). The van der Waals surface area contributed by atoms with Gasteiger partial charge in [0.25, 0.3) is 0 Å².